The van der Waals surface area contributed by atoms with Crippen molar-refractivity contribution >= 4 is 28.9 Å². The number of ether oxygens (including phenoxy) is 1. The predicted octanol–water partition coefficient (Wildman–Crippen LogP) is 3.40. The molecule has 22 heavy (non-hydrogen) atoms. The van der Waals surface area contributed by atoms with Crippen LogP contribution in [0.15, 0.2) is 34.2 Å². The lowest BCUT2D eigenvalue weighted by molar-refractivity contribution is -0.113. The summed E-state index contributed by atoms with van der Waals surface area (Å²) in [7, 11) is 1.64. The molecule has 0 aliphatic carbocycles. The molecule has 0 saturated carbocycles. The van der Waals surface area contributed by atoms with E-state index < -0.39 is 0 Å². The van der Waals surface area contributed by atoms with E-state index in [-0.39, 0.29) is 5.91 Å². The predicted molar refractivity (Wildman–Crippen MR) is 91.0 cm³/mol. The highest BCUT2D eigenvalue weighted by molar-refractivity contribution is 8.18. The minimum atomic E-state index is -0.138. The van der Waals surface area contributed by atoms with E-state index in [0.29, 0.717) is 4.91 Å². The molecule has 1 aromatic rings. The fraction of sp³-hybridized carbons (Fsp3) is 0.412. The van der Waals surface area contributed by atoms with Crippen LogP contribution in [0.1, 0.15) is 25.3 Å². The number of likely N-dealkylation sites (tertiary alicyclic amines) is 1. The smallest absolute Gasteiger partial charge is 0.286 e. The Balaban J connectivity index is 1.72. The van der Waals surface area contributed by atoms with E-state index in [0.717, 1.165) is 35.5 Å². The van der Waals surface area contributed by atoms with Gasteiger partial charge in [-0.3, -0.25) is 4.79 Å². The van der Waals surface area contributed by atoms with Crippen molar-refractivity contribution in [1.82, 2.24) is 4.90 Å². The third kappa shape index (κ3) is 3.35. The summed E-state index contributed by atoms with van der Waals surface area (Å²) in [6, 6.07) is 7.69. The monoisotopic (exact) mass is 316 g/mol. The summed E-state index contributed by atoms with van der Waals surface area (Å²) in [5, 5.41) is 0.853. The quantitative estimate of drug-likeness (QED) is 0.784. The maximum Gasteiger partial charge on any atom is 0.286 e. The average Bonchev–Trinajstić information content (AvgIpc) is 2.89. The number of carbonyl (C=O) groups excluding carboxylic acids is 1. The number of hydrogen-bond donors (Lipinski definition) is 0. The molecule has 4 nitrogen and oxygen atoms in total. The minimum absolute atomic E-state index is 0.138. The topological polar surface area (TPSA) is 41.9 Å². The number of methoxy groups -OCH3 is 1. The first-order valence-corrected chi connectivity index (χ1v) is 8.39. The molecule has 0 aromatic heterocycles. The molecule has 1 fully saturated rings. The fourth-order valence-corrected chi connectivity index (χ4v) is 3.58. The Morgan fingerprint density at radius 2 is 2.14 bits per heavy atom. The molecule has 1 aromatic carbocycles. The van der Waals surface area contributed by atoms with Gasteiger partial charge < -0.3 is 9.64 Å². The van der Waals surface area contributed by atoms with Gasteiger partial charge >= 0.3 is 0 Å². The van der Waals surface area contributed by atoms with Crippen LogP contribution in [0, 0.1) is 5.92 Å². The van der Waals surface area contributed by atoms with Crippen LogP contribution in [0.3, 0.4) is 0 Å². The van der Waals surface area contributed by atoms with Gasteiger partial charge in [-0.2, -0.15) is 4.99 Å². The fourth-order valence-electron chi connectivity index (χ4n) is 2.62. The van der Waals surface area contributed by atoms with Gasteiger partial charge in [0.1, 0.15) is 5.75 Å². The number of amides is 1. The van der Waals surface area contributed by atoms with Gasteiger partial charge in [-0.25, -0.2) is 0 Å². The Morgan fingerprint density at radius 1 is 1.36 bits per heavy atom. The number of rotatable bonds is 2. The molecule has 0 N–H and O–H groups in total. The Hall–Kier alpha value is -1.75. The SMILES string of the molecule is COc1cccc(/C=C2/SC(N3CCC(C)CC3)=NC2=O)c1. The second-order valence-corrected chi connectivity index (χ2v) is 6.77. The zero-order chi connectivity index (χ0) is 15.5. The molecule has 1 amide bonds. The van der Waals surface area contributed by atoms with Crippen molar-refractivity contribution in [3.05, 3.63) is 34.7 Å². The summed E-state index contributed by atoms with van der Waals surface area (Å²) < 4.78 is 5.21. The molecule has 2 heterocycles. The van der Waals surface area contributed by atoms with Crippen molar-refractivity contribution < 1.29 is 9.53 Å². The number of piperidine rings is 1. The molecule has 1 saturated heterocycles. The van der Waals surface area contributed by atoms with Crippen molar-refractivity contribution in [1.29, 1.82) is 0 Å². The normalized spacial score (nSPS) is 21.4. The van der Waals surface area contributed by atoms with Crippen LogP contribution in [0.2, 0.25) is 0 Å². The van der Waals surface area contributed by atoms with Gasteiger partial charge in [-0.15, -0.1) is 0 Å². The van der Waals surface area contributed by atoms with Crippen molar-refractivity contribution in [2.75, 3.05) is 20.2 Å². The Morgan fingerprint density at radius 3 is 2.86 bits per heavy atom. The van der Waals surface area contributed by atoms with Gasteiger partial charge in [-0.05, 0) is 54.3 Å². The number of amidine groups is 1. The Bertz CT molecular complexity index is 631. The lowest BCUT2D eigenvalue weighted by Crippen LogP contribution is -2.35. The number of aliphatic imine (C=N–C) groups is 1. The van der Waals surface area contributed by atoms with E-state index in [9.17, 15) is 4.79 Å². The molecule has 116 valence electrons. The lowest BCUT2D eigenvalue weighted by Gasteiger charge is -2.30. The molecule has 0 bridgehead atoms. The number of carbonyl (C=O) groups is 1. The highest BCUT2D eigenvalue weighted by atomic mass is 32.2. The van der Waals surface area contributed by atoms with Crippen LogP contribution in [-0.2, 0) is 4.79 Å². The minimum Gasteiger partial charge on any atom is -0.497 e. The molecule has 0 unspecified atom stereocenters. The first kappa shape index (κ1) is 15.2. The van der Waals surface area contributed by atoms with E-state index in [1.54, 1.807) is 7.11 Å². The highest BCUT2D eigenvalue weighted by Gasteiger charge is 2.28. The van der Waals surface area contributed by atoms with Crippen LogP contribution >= 0.6 is 11.8 Å². The van der Waals surface area contributed by atoms with E-state index in [4.69, 9.17) is 4.74 Å². The van der Waals surface area contributed by atoms with Crippen LogP contribution in [0.4, 0.5) is 0 Å². The first-order valence-electron chi connectivity index (χ1n) is 7.57. The van der Waals surface area contributed by atoms with E-state index in [1.807, 2.05) is 30.3 Å². The maximum absolute atomic E-state index is 12.1. The van der Waals surface area contributed by atoms with Crippen molar-refractivity contribution in [3.8, 4) is 5.75 Å². The molecule has 2 aliphatic rings. The molecule has 0 atom stereocenters. The van der Waals surface area contributed by atoms with Gasteiger partial charge in [0.25, 0.3) is 5.91 Å². The molecule has 3 rings (SSSR count). The number of hydrogen-bond acceptors (Lipinski definition) is 4. The number of thioether (sulfide) groups is 1. The molecule has 0 radical (unpaired) electrons. The Kier molecular flexibility index (Phi) is 4.52. The largest absolute Gasteiger partial charge is 0.497 e. The van der Waals surface area contributed by atoms with Gasteiger partial charge in [0.15, 0.2) is 5.17 Å². The summed E-state index contributed by atoms with van der Waals surface area (Å²) in [6.07, 6.45) is 4.23. The molecular weight excluding hydrogens is 296 g/mol. The van der Waals surface area contributed by atoms with Crippen LogP contribution < -0.4 is 4.74 Å². The second-order valence-electron chi connectivity index (χ2n) is 5.76. The van der Waals surface area contributed by atoms with Crippen LogP contribution in [0.5, 0.6) is 5.75 Å². The first-order chi connectivity index (χ1) is 10.7. The van der Waals surface area contributed by atoms with E-state index >= 15 is 0 Å². The van der Waals surface area contributed by atoms with Crippen LogP contribution in [0.25, 0.3) is 6.08 Å². The summed E-state index contributed by atoms with van der Waals surface area (Å²) >= 11 is 1.48. The average molecular weight is 316 g/mol. The van der Waals surface area contributed by atoms with Gasteiger partial charge in [0.2, 0.25) is 0 Å². The van der Waals surface area contributed by atoms with Gasteiger partial charge in [-0.1, -0.05) is 19.1 Å². The summed E-state index contributed by atoms with van der Waals surface area (Å²) in [5.74, 6) is 1.42. The number of benzene rings is 1. The molecular formula is C17H20N2O2S. The lowest BCUT2D eigenvalue weighted by atomic mass is 10.00. The summed E-state index contributed by atoms with van der Waals surface area (Å²) in [6.45, 7) is 4.26. The van der Waals surface area contributed by atoms with Crippen molar-refractivity contribution in [3.63, 3.8) is 0 Å². The summed E-state index contributed by atoms with van der Waals surface area (Å²) in [5.41, 5.74) is 0.957. The van der Waals surface area contributed by atoms with Gasteiger partial charge in [0.05, 0.1) is 12.0 Å². The van der Waals surface area contributed by atoms with Crippen LogP contribution in [-0.4, -0.2) is 36.2 Å². The van der Waals surface area contributed by atoms with E-state index in [2.05, 4.69) is 16.8 Å². The van der Waals surface area contributed by atoms with Gasteiger partial charge in [0, 0.05) is 13.1 Å². The zero-order valence-electron chi connectivity index (χ0n) is 12.9. The summed E-state index contributed by atoms with van der Waals surface area (Å²) in [4.78, 5) is 19.3. The second kappa shape index (κ2) is 6.57. The maximum atomic E-state index is 12.1. The van der Waals surface area contributed by atoms with E-state index in [1.165, 1.54) is 24.6 Å². The third-order valence-electron chi connectivity index (χ3n) is 4.05. The Labute approximate surface area is 135 Å². The third-order valence-corrected chi connectivity index (χ3v) is 5.10. The highest BCUT2D eigenvalue weighted by Crippen LogP contribution is 2.32. The molecule has 5 heteroatoms. The standard InChI is InChI=1S/C17H20N2O2S/c1-12-6-8-19(9-7-12)17-18-16(20)15(22-17)11-13-4-3-5-14(10-13)21-2/h3-5,10-12H,6-9H2,1-2H3/b15-11+. The number of nitrogens with zero attached hydrogens (tertiary/aromatic N) is 2. The zero-order valence-corrected chi connectivity index (χ0v) is 13.7. The van der Waals surface area contributed by atoms with Crippen molar-refractivity contribution in [2.45, 2.75) is 19.8 Å². The molecule has 2 aliphatic heterocycles. The molecule has 0 spiro atoms. The van der Waals surface area contributed by atoms with Crippen molar-refractivity contribution in [2.24, 2.45) is 10.9 Å².